The van der Waals surface area contributed by atoms with Crippen molar-refractivity contribution in [2.45, 2.75) is 51.2 Å². The van der Waals surface area contributed by atoms with Gasteiger partial charge in [0.25, 0.3) is 5.56 Å². The van der Waals surface area contributed by atoms with Crippen LogP contribution in [0, 0.1) is 5.82 Å². The Morgan fingerprint density at radius 1 is 1.12 bits per heavy atom. The van der Waals surface area contributed by atoms with Crippen molar-refractivity contribution in [2.24, 2.45) is 0 Å². The largest absolute Gasteiger partial charge is 0.318 e. The molecular formula is C27H33FN4O. The van der Waals surface area contributed by atoms with E-state index in [0.717, 1.165) is 54.9 Å². The molecule has 4 rings (SSSR count). The maximum absolute atomic E-state index is 13.6. The van der Waals surface area contributed by atoms with Gasteiger partial charge in [-0.2, -0.15) is 0 Å². The van der Waals surface area contributed by atoms with E-state index >= 15 is 0 Å². The summed E-state index contributed by atoms with van der Waals surface area (Å²) in [6.07, 6.45) is 4.76. The number of hydrogen-bond donors (Lipinski definition) is 1. The van der Waals surface area contributed by atoms with Crippen LogP contribution in [0.4, 0.5) is 4.39 Å². The van der Waals surface area contributed by atoms with E-state index in [1.54, 1.807) is 0 Å². The van der Waals surface area contributed by atoms with Crippen molar-refractivity contribution in [2.75, 3.05) is 20.1 Å². The minimum atomic E-state index is -0.235. The van der Waals surface area contributed by atoms with Crippen LogP contribution in [0.25, 0.3) is 0 Å². The highest BCUT2D eigenvalue weighted by Crippen LogP contribution is 2.38. The molecule has 1 heterocycles. The Morgan fingerprint density at radius 2 is 1.85 bits per heavy atom. The number of benzene rings is 2. The zero-order chi connectivity index (χ0) is 23.2. The molecule has 1 fully saturated rings. The van der Waals surface area contributed by atoms with Crippen molar-refractivity contribution in [1.82, 2.24) is 19.8 Å². The Hall–Kier alpha value is -2.83. The highest BCUT2D eigenvalue weighted by molar-refractivity contribution is 5.23. The summed E-state index contributed by atoms with van der Waals surface area (Å²) in [6.45, 7) is 4.90. The zero-order valence-corrected chi connectivity index (χ0v) is 19.5. The zero-order valence-electron chi connectivity index (χ0n) is 19.5. The maximum Gasteiger partial charge on any atom is 0.257 e. The fourth-order valence-electron chi connectivity index (χ4n) is 4.41. The maximum atomic E-state index is 13.6. The van der Waals surface area contributed by atoms with Gasteiger partial charge in [-0.3, -0.25) is 14.3 Å². The molecule has 1 N–H and O–H groups in total. The summed E-state index contributed by atoms with van der Waals surface area (Å²) >= 11 is 0. The lowest BCUT2D eigenvalue weighted by molar-refractivity contribution is 0.172. The van der Waals surface area contributed by atoms with Crippen LogP contribution in [0.1, 0.15) is 60.7 Å². The monoisotopic (exact) mass is 448 g/mol. The van der Waals surface area contributed by atoms with Crippen molar-refractivity contribution in [3.8, 4) is 0 Å². The number of halogens is 1. The van der Waals surface area contributed by atoms with Crippen LogP contribution in [0.5, 0.6) is 0 Å². The first-order valence-corrected chi connectivity index (χ1v) is 11.9. The van der Waals surface area contributed by atoms with Gasteiger partial charge in [-0.1, -0.05) is 49.4 Å². The smallest absolute Gasteiger partial charge is 0.257 e. The number of rotatable bonds is 11. The highest BCUT2D eigenvalue weighted by atomic mass is 19.1. The summed E-state index contributed by atoms with van der Waals surface area (Å²) < 4.78 is 15.3. The third-order valence-electron chi connectivity index (χ3n) is 6.38. The molecule has 1 aliphatic rings. The molecule has 174 valence electrons. The van der Waals surface area contributed by atoms with E-state index in [2.05, 4.69) is 29.3 Å². The molecule has 6 heteroatoms. The lowest BCUT2D eigenvalue weighted by atomic mass is 10.1. The van der Waals surface area contributed by atoms with E-state index in [0.29, 0.717) is 19.0 Å². The fourth-order valence-corrected chi connectivity index (χ4v) is 4.41. The highest BCUT2D eigenvalue weighted by Gasteiger charge is 2.30. The SMILES string of the molecule is CCC(c1ncc(C2CC2)c(=O)n1Cc1ccccc1)N(CCNC)Cc1ccc(F)cc1. The van der Waals surface area contributed by atoms with Gasteiger partial charge in [0.2, 0.25) is 0 Å². The molecule has 0 saturated heterocycles. The first-order chi connectivity index (χ1) is 16.1. The minimum absolute atomic E-state index is 0.0342. The van der Waals surface area contributed by atoms with Gasteiger partial charge in [0, 0.05) is 31.4 Å². The molecule has 1 aromatic heterocycles. The molecule has 1 aliphatic carbocycles. The Morgan fingerprint density at radius 3 is 2.48 bits per heavy atom. The van der Waals surface area contributed by atoms with Gasteiger partial charge in [0.15, 0.2) is 0 Å². The molecule has 0 bridgehead atoms. The van der Waals surface area contributed by atoms with Gasteiger partial charge in [0.05, 0.1) is 12.6 Å². The summed E-state index contributed by atoms with van der Waals surface area (Å²) in [4.78, 5) is 20.8. The topological polar surface area (TPSA) is 50.2 Å². The molecule has 1 unspecified atom stereocenters. The quantitative estimate of drug-likeness (QED) is 0.470. The third kappa shape index (κ3) is 5.75. The second-order valence-corrected chi connectivity index (χ2v) is 8.85. The predicted octanol–water partition coefficient (Wildman–Crippen LogP) is 4.48. The van der Waals surface area contributed by atoms with Crippen molar-refractivity contribution in [3.63, 3.8) is 0 Å². The van der Waals surface area contributed by atoms with Gasteiger partial charge in [0.1, 0.15) is 11.6 Å². The summed E-state index contributed by atoms with van der Waals surface area (Å²) in [6, 6.07) is 16.7. The van der Waals surface area contributed by atoms with Crippen LogP contribution >= 0.6 is 0 Å². The number of nitrogens with zero attached hydrogens (tertiary/aromatic N) is 3. The van der Waals surface area contributed by atoms with E-state index in [9.17, 15) is 9.18 Å². The van der Waals surface area contributed by atoms with Gasteiger partial charge >= 0.3 is 0 Å². The van der Waals surface area contributed by atoms with Crippen LogP contribution in [-0.4, -0.2) is 34.6 Å². The van der Waals surface area contributed by atoms with Crippen LogP contribution < -0.4 is 10.9 Å². The Balaban J connectivity index is 1.72. The average molecular weight is 449 g/mol. The molecule has 1 saturated carbocycles. The summed E-state index contributed by atoms with van der Waals surface area (Å²) in [5.41, 5.74) is 3.05. The second kappa shape index (κ2) is 10.9. The van der Waals surface area contributed by atoms with Gasteiger partial charge in [-0.25, -0.2) is 9.37 Å². The van der Waals surface area contributed by atoms with Crippen LogP contribution in [-0.2, 0) is 13.1 Å². The third-order valence-corrected chi connectivity index (χ3v) is 6.38. The Kier molecular flexibility index (Phi) is 7.68. The van der Waals surface area contributed by atoms with E-state index < -0.39 is 0 Å². The summed E-state index contributed by atoms with van der Waals surface area (Å²) in [5, 5.41) is 3.23. The number of likely N-dealkylation sites (N-methyl/N-ethyl adjacent to an activating group) is 1. The number of hydrogen-bond acceptors (Lipinski definition) is 4. The minimum Gasteiger partial charge on any atom is -0.318 e. The standard InChI is InChI=1S/C27H33FN4O/c1-3-25(31(16-15-29-2)18-21-9-13-23(28)14-10-21)26-30-17-24(22-11-12-22)27(33)32(26)19-20-7-5-4-6-8-20/h4-10,13-14,17,22,25,29H,3,11-12,15-16,18-19H2,1-2H3. The molecule has 0 radical (unpaired) electrons. The lowest BCUT2D eigenvalue weighted by Gasteiger charge is -2.32. The first-order valence-electron chi connectivity index (χ1n) is 11.9. The molecule has 2 aromatic carbocycles. The Labute approximate surface area is 195 Å². The van der Waals surface area contributed by atoms with Crippen LogP contribution in [0.2, 0.25) is 0 Å². The molecule has 1 atom stereocenters. The molecule has 0 amide bonds. The second-order valence-electron chi connectivity index (χ2n) is 8.85. The van der Waals surface area contributed by atoms with Crippen LogP contribution in [0.3, 0.4) is 0 Å². The van der Waals surface area contributed by atoms with Crippen LogP contribution in [0.15, 0.2) is 65.6 Å². The predicted molar refractivity (Wildman–Crippen MR) is 130 cm³/mol. The Bertz CT molecular complexity index is 1090. The molecule has 3 aromatic rings. The molecule has 0 spiro atoms. The van der Waals surface area contributed by atoms with E-state index in [1.807, 2.05) is 48.1 Å². The van der Waals surface area contributed by atoms with Gasteiger partial charge < -0.3 is 5.32 Å². The molecule has 0 aliphatic heterocycles. The van der Waals surface area contributed by atoms with E-state index in [1.165, 1.54) is 12.1 Å². The van der Waals surface area contributed by atoms with Crippen molar-refractivity contribution in [1.29, 1.82) is 0 Å². The summed E-state index contributed by atoms with van der Waals surface area (Å²) in [7, 11) is 1.94. The van der Waals surface area contributed by atoms with E-state index in [-0.39, 0.29) is 17.4 Å². The summed E-state index contributed by atoms with van der Waals surface area (Å²) in [5.74, 6) is 0.913. The van der Waals surface area contributed by atoms with Gasteiger partial charge in [-0.15, -0.1) is 0 Å². The molecule has 33 heavy (non-hydrogen) atoms. The molecular weight excluding hydrogens is 415 g/mol. The van der Waals surface area contributed by atoms with Gasteiger partial charge in [-0.05, 0) is 55.5 Å². The average Bonchev–Trinajstić information content (AvgIpc) is 3.67. The lowest BCUT2D eigenvalue weighted by Crippen LogP contribution is -2.38. The number of nitrogens with one attached hydrogen (secondary N) is 1. The fraction of sp³-hybridized carbons (Fsp3) is 0.407. The first kappa shape index (κ1) is 23.3. The van der Waals surface area contributed by atoms with Crippen molar-refractivity contribution in [3.05, 3.63) is 99.5 Å². The normalized spacial score (nSPS) is 14.5. The molecule has 5 nitrogen and oxygen atoms in total. The van der Waals surface area contributed by atoms with Crippen molar-refractivity contribution >= 4 is 0 Å². The van der Waals surface area contributed by atoms with Crippen molar-refractivity contribution < 1.29 is 4.39 Å². The number of aromatic nitrogens is 2. The van der Waals surface area contributed by atoms with E-state index in [4.69, 9.17) is 4.98 Å².